The summed E-state index contributed by atoms with van der Waals surface area (Å²) in [6.45, 7) is 4.32. The van der Waals surface area contributed by atoms with Crippen molar-refractivity contribution in [1.82, 2.24) is 4.90 Å². The van der Waals surface area contributed by atoms with Crippen molar-refractivity contribution >= 4 is 17.5 Å². The van der Waals surface area contributed by atoms with Gasteiger partial charge < -0.3 is 4.90 Å². The lowest BCUT2D eigenvalue weighted by Crippen LogP contribution is -2.31. The quantitative estimate of drug-likeness (QED) is 0.758. The predicted molar refractivity (Wildman–Crippen MR) is 63.4 cm³/mol. The Hall–Kier alpha value is -1.53. The van der Waals surface area contributed by atoms with Crippen LogP contribution in [0.3, 0.4) is 0 Å². The number of nitrogens with zero attached hydrogens (tertiary/aromatic N) is 2. The van der Waals surface area contributed by atoms with Crippen molar-refractivity contribution in [1.29, 1.82) is 5.26 Å². The Kier molecular flexibility index (Phi) is 4.33. The number of aryl methyl sites for hydroxylation is 1. The van der Waals surface area contributed by atoms with Gasteiger partial charge in [-0.15, -0.1) is 0 Å². The predicted octanol–water partition coefficient (Wildman–Crippen LogP) is 2.63. The van der Waals surface area contributed by atoms with E-state index in [1.165, 1.54) is 4.90 Å². The van der Waals surface area contributed by atoms with Gasteiger partial charge in [-0.25, -0.2) is 0 Å². The fourth-order valence-corrected chi connectivity index (χ4v) is 1.69. The number of hydrogen-bond donors (Lipinski definition) is 0. The third kappa shape index (κ3) is 2.74. The first-order valence-electron chi connectivity index (χ1n) is 5.02. The van der Waals surface area contributed by atoms with Gasteiger partial charge in [0.15, 0.2) is 0 Å². The zero-order chi connectivity index (χ0) is 12.1. The molecule has 0 fully saturated rings. The highest BCUT2D eigenvalue weighted by Crippen LogP contribution is 2.19. The third-order valence-corrected chi connectivity index (χ3v) is 2.60. The maximum absolute atomic E-state index is 12.0. The van der Waals surface area contributed by atoms with Crippen LogP contribution in [-0.4, -0.2) is 23.9 Å². The molecule has 1 aromatic rings. The Bertz CT molecular complexity index is 437. The molecule has 1 amide bonds. The van der Waals surface area contributed by atoms with Gasteiger partial charge in [0, 0.05) is 6.54 Å². The van der Waals surface area contributed by atoms with E-state index in [4.69, 9.17) is 16.9 Å². The molecule has 0 spiro atoms. The Morgan fingerprint density at radius 2 is 2.25 bits per heavy atom. The zero-order valence-electron chi connectivity index (χ0n) is 9.33. The van der Waals surface area contributed by atoms with E-state index < -0.39 is 0 Å². The second kappa shape index (κ2) is 5.53. The number of carbonyl (C=O) groups is 1. The maximum Gasteiger partial charge on any atom is 0.256 e. The molecule has 0 aliphatic heterocycles. The van der Waals surface area contributed by atoms with Gasteiger partial charge in [0.25, 0.3) is 5.91 Å². The van der Waals surface area contributed by atoms with Gasteiger partial charge in [-0.05, 0) is 31.5 Å². The van der Waals surface area contributed by atoms with Crippen molar-refractivity contribution in [2.45, 2.75) is 13.8 Å². The Morgan fingerprint density at radius 3 is 2.75 bits per heavy atom. The number of nitriles is 1. The summed E-state index contributed by atoms with van der Waals surface area (Å²) in [6.07, 6.45) is 0. The first-order chi connectivity index (χ1) is 7.60. The number of halogens is 1. The van der Waals surface area contributed by atoms with E-state index in [1.54, 1.807) is 12.1 Å². The highest BCUT2D eigenvalue weighted by Gasteiger charge is 2.16. The molecular formula is C12H13ClN2O. The molecular weight excluding hydrogens is 224 g/mol. The van der Waals surface area contributed by atoms with Crippen LogP contribution in [0.15, 0.2) is 18.2 Å². The second-order valence-electron chi connectivity index (χ2n) is 3.46. The Labute approximate surface area is 100 Å². The summed E-state index contributed by atoms with van der Waals surface area (Å²) < 4.78 is 0. The van der Waals surface area contributed by atoms with E-state index >= 15 is 0 Å². The largest absolute Gasteiger partial charge is 0.326 e. The lowest BCUT2D eigenvalue weighted by molar-refractivity contribution is 0.0784. The number of hydrogen-bond acceptors (Lipinski definition) is 2. The first-order valence-corrected chi connectivity index (χ1v) is 5.40. The van der Waals surface area contributed by atoms with Gasteiger partial charge in [0.2, 0.25) is 0 Å². The van der Waals surface area contributed by atoms with Crippen LogP contribution in [0.25, 0.3) is 0 Å². The van der Waals surface area contributed by atoms with E-state index in [-0.39, 0.29) is 12.5 Å². The summed E-state index contributed by atoms with van der Waals surface area (Å²) in [6, 6.07) is 7.23. The van der Waals surface area contributed by atoms with Crippen LogP contribution >= 0.6 is 11.6 Å². The molecule has 0 bridgehead atoms. The van der Waals surface area contributed by atoms with E-state index in [9.17, 15) is 4.79 Å². The summed E-state index contributed by atoms with van der Waals surface area (Å²) >= 11 is 6.00. The number of rotatable bonds is 3. The summed E-state index contributed by atoms with van der Waals surface area (Å²) in [4.78, 5) is 13.4. The minimum atomic E-state index is -0.200. The number of benzene rings is 1. The van der Waals surface area contributed by atoms with Gasteiger partial charge >= 0.3 is 0 Å². The monoisotopic (exact) mass is 236 g/mol. The fraction of sp³-hybridized carbons (Fsp3) is 0.333. The second-order valence-corrected chi connectivity index (χ2v) is 3.87. The number of amides is 1. The molecule has 16 heavy (non-hydrogen) atoms. The highest BCUT2D eigenvalue weighted by atomic mass is 35.5. The molecule has 0 saturated heterocycles. The van der Waals surface area contributed by atoms with Gasteiger partial charge in [-0.1, -0.05) is 17.7 Å². The molecule has 1 rings (SSSR count). The smallest absolute Gasteiger partial charge is 0.256 e. The van der Waals surface area contributed by atoms with Crippen LogP contribution < -0.4 is 0 Å². The van der Waals surface area contributed by atoms with Crippen LogP contribution in [0.5, 0.6) is 0 Å². The van der Waals surface area contributed by atoms with Crippen LogP contribution in [0.1, 0.15) is 22.8 Å². The average Bonchev–Trinajstić information content (AvgIpc) is 2.25. The molecule has 0 atom stereocenters. The van der Waals surface area contributed by atoms with Gasteiger partial charge in [-0.2, -0.15) is 5.26 Å². The first kappa shape index (κ1) is 12.5. The minimum absolute atomic E-state index is 0.0829. The van der Waals surface area contributed by atoms with Crippen LogP contribution in [0, 0.1) is 18.3 Å². The molecule has 4 heteroatoms. The van der Waals surface area contributed by atoms with Crippen molar-refractivity contribution < 1.29 is 4.79 Å². The van der Waals surface area contributed by atoms with Crippen molar-refractivity contribution in [3.63, 3.8) is 0 Å². The summed E-state index contributed by atoms with van der Waals surface area (Å²) in [5.74, 6) is -0.200. The van der Waals surface area contributed by atoms with Crippen molar-refractivity contribution in [3.8, 4) is 6.07 Å². The topological polar surface area (TPSA) is 44.1 Å². The van der Waals surface area contributed by atoms with Gasteiger partial charge in [0.1, 0.15) is 6.54 Å². The Balaban J connectivity index is 3.00. The van der Waals surface area contributed by atoms with Gasteiger partial charge in [-0.3, -0.25) is 4.79 Å². The molecule has 0 radical (unpaired) electrons. The summed E-state index contributed by atoms with van der Waals surface area (Å²) in [5, 5.41) is 9.03. The summed E-state index contributed by atoms with van der Waals surface area (Å²) in [7, 11) is 0. The molecule has 1 aromatic carbocycles. The minimum Gasteiger partial charge on any atom is -0.326 e. The van der Waals surface area contributed by atoms with Crippen molar-refractivity contribution in [3.05, 3.63) is 34.3 Å². The van der Waals surface area contributed by atoms with E-state index in [0.717, 1.165) is 5.56 Å². The van der Waals surface area contributed by atoms with E-state index in [2.05, 4.69) is 0 Å². The van der Waals surface area contributed by atoms with E-state index in [1.807, 2.05) is 26.0 Å². The molecule has 0 N–H and O–H groups in total. The molecule has 0 unspecified atom stereocenters. The third-order valence-electron chi connectivity index (χ3n) is 2.29. The molecule has 0 aromatic heterocycles. The molecule has 3 nitrogen and oxygen atoms in total. The zero-order valence-corrected chi connectivity index (χ0v) is 10.1. The SMILES string of the molecule is CCN(CC#N)C(=O)c1ccc(C)cc1Cl. The number of carbonyl (C=O) groups excluding carboxylic acids is 1. The van der Waals surface area contributed by atoms with Crippen LogP contribution in [0.2, 0.25) is 5.02 Å². The fourth-order valence-electron chi connectivity index (χ4n) is 1.38. The molecule has 0 aliphatic rings. The molecule has 0 heterocycles. The van der Waals surface area contributed by atoms with Crippen molar-refractivity contribution in [2.24, 2.45) is 0 Å². The lowest BCUT2D eigenvalue weighted by atomic mass is 10.1. The molecule has 0 aliphatic carbocycles. The normalized spacial score (nSPS) is 9.62. The van der Waals surface area contributed by atoms with Crippen LogP contribution in [-0.2, 0) is 0 Å². The Morgan fingerprint density at radius 1 is 1.56 bits per heavy atom. The highest BCUT2D eigenvalue weighted by molar-refractivity contribution is 6.33. The molecule has 84 valence electrons. The average molecular weight is 237 g/mol. The van der Waals surface area contributed by atoms with Gasteiger partial charge in [0.05, 0.1) is 16.7 Å². The summed E-state index contributed by atoms with van der Waals surface area (Å²) in [5.41, 5.74) is 1.45. The maximum atomic E-state index is 12.0. The molecule has 0 saturated carbocycles. The van der Waals surface area contributed by atoms with Crippen LogP contribution in [0.4, 0.5) is 0 Å². The van der Waals surface area contributed by atoms with E-state index in [0.29, 0.717) is 17.1 Å². The van der Waals surface area contributed by atoms with Crippen molar-refractivity contribution in [2.75, 3.05) is 13.1 Å². The lowest BCUT2D eigenvalue weighted by Gasteiger charge is -2.17. The standard InChI is InChI=1S/C12H13ClN2O/c1-3-15(7-6-14)12(16)10-5-4-9(2)8-11(10)13/h4-5,8H,3,7H2,1-2H3.